The van der Waals surface area contributed by atoms with Crippen LogP contribution in [-0.4, -0.2) is 34.1 Å². The smallest absolute Gasteiger partial charge is 0.274 e. The van der Waals surface area contributed by atoms with Crippen LogP contribution in [0.1, 0.15) is 29.9 Å². The highest BCUT2D eigenvalue weighted by atomic mass is 16.2. The molecule has 5 heteroatoms. The average molecular weight is 284 g/mol. The number of benzene rings is 1. The van der Waals surface area contributed by atoms with Gasteiger partial charge in [0.05, 0.1) is 0 Å². The Morgan fingerprint density at radius 1 is 1.14 bits per heavy atom. The molecule has 21 heavy (non-hydrogen) atoms. The van der Waals surface area contributed by atoms with Crippen molar-refractivity contribution in [2.75, 3.05) is 12.4 Å². The van der Waals surface area contributed by atoms with Crippen LogP contribution in [-0.2, 0) is 6.54 Å². The van der Waals surface area contributed by atoms with Crippen molar-refractivity contribution in [2.45, 2.75) is 26.4 Å². The molecule has 1 amide bonds. The molecule has 0 aliphatic heterocycles. The Labute approximate surface area is 125 Å². The molecule has 0 radical (unpaired) electrons. The van der Waals surface area contributed by atoms with Crippen molar-refractivity contribution < 1.29 is 4.79 Å². The van der Waals surface area contributed by atoms with E-state index in [-0.39, 0.29) is 11.9 Å². The second-order valence-corrected chi connectivity index (χ2v) is 5.25. The molecule has 2 rings (SSSR count). The number of hydrogen-bond donors (Lipinski definition) is 1. The lowest BCUT2D eigenvalue weighted by molar-refractivity contribution is 0.0778. The van der Waals surface area contributed by atoms with Crippen molar-refractivity contribution in [2.24, 2.45) is 0 Å². The van der Waals surface area contributed by atoms with E-state index in [2.05, 4.69) is 15.5 Å². The van der Waals surface area contributed by atoms with Crippen LogP contribution in [0.3, 0.4) is 0 Å². The average Bonchev–Trinajstić information content (AvgIpc) is 2.47. The van der Waals surface area contributed by atoms with Crippen LogP contribution in [0.15, 0.2) is 42.5 Å². The van der Waals surface area contributed by atoms with Gasteiger partial charge in [0, 0.05) is 19.6 Å². The molecule has 1 heterocycles. The molecule has 0 spiro atoms. The van der Waals surface area contributed by atoms with Crippen LogP contribution in [0, 0.1) is 0 Å². The zero-order valence-electron chi connectivity index (χ0n) is 12.6. The van der Waals surface area contributed by atoms with Crippen LogP contribution in [0.2, 0.25) is 0 Å². The van der Waals surface area contributed by atoms with Gasteiger partial charge in [-0.2, -0.15) is 0 Å². The first kappa shape index (κ1) is 15.0. The molecule has 0 aliphatic rings. The van der Waals surface area contributed by atoms with Crippen LogP contribution >= 0.6 is 0 Å². The lowest BCUT2D eigenvalue weighted by atomic mass is 10.2. The molecule has 110 valence electrons. The summed E-state index contributed by atoms with van der Waals surface area (Å²) < 4.78 is 0. The van der Waals surface area contributed by atoms with Crippen molar-refractivity contribution in [3.8, 4) is 0 Å². The lowest BCUT2D eigenvalue weighted by Gasteiger charge is -2.16. The summed E-state index contributed by atoms with van der Waals surface area (Å²) >= 11 is 0. The third-order valence-electron chi connectivity index (χ3n) is 2.93. The van der Waals surface area contributed by atoms with Crippen molar-refractivity contribution in [1.29, 1.82) is 0 Å². The molecular weight excluding hydrogens is 264 g/mol. The summed E-state index contributed by atoms with van der Waals surface area (Å²) in [5, 5.41) is 11.2. The molecule has 5 nitrogen and oxygen atoms in total. The fraction of sp³-hybridized carbons (Fsp3) is 0.312. The zero-order chi connectivity index (χ0) is 15.2. The van der Waals surface area contributed by atoms with E-state index in [4.69, 9.17) is 0 Å². The first-order valence-electron chi connectivity index (χ1n) is 6.96. The maximum absolute atomic E-state index is 12.3. The number of carbonyl (C=O) groups is 1. The minimum absolute atomic E-state index is 0.137. The van der Waals surface area contributed by atoms with E-state index in [0.717, 1.165) is 5.56 Å². The predicted octanol–water partition coefficient (Wildman–Crippen LogP) is 2.57. The number of aromatic nitrogens is 2. The minimum Gasteiger partial charge on any atom is -0.366 e. The molecule has 2 aromatic rings. The van der Waals surface area contributed by atoms with Gasteiger partial charge in [0.1, 0.15) is 5.82 Å². The third-order valence-corrected chi connectivity index (χ3v) is 2.93. The number of hydrogen-bond acceptors (Lipinski definition) is 4. The highest BCUT2D eigenvalue weighted by Crippen LogP contribution is 2.08. The molecule has 0 atom stereocenters. The van der Waals surface area contributed by atoms with E-state index in [9.17, 15) is 4.79 Å². The largest absolute Gasteiger partial charge is 0.366 e. The molecule has 0 aliphatic carbocycles. The van der Waals surface area contributed by atoms with E-state index >= 15 is 0 Å². The molecule has 1 aromatic heterocycles. The van der Waals surface area contributed by atoms with E-state index in [1.54, 1.807) is 24.1 Å². The highest BCUT2D eigenvalue weighted by molar-refractivity contribution is 5.92. The summed E-state index contributed by atoms with van der Waals surface area (Å²) in [5.74, 6) is 0.537. The summed E-state index contributed by atoms with van der Waals surface area (Å²) in [6, 6.07) is 13.6. The molecule has 0 saturated heterocycles. The standard InChI is InChI=1S/C16H20N4O/c1-12(2)17-15-10-9-14(18-19-15)16(21)20(3)11-13-7-5-4-6-8-13/h4-10,12H,11H2,1-3H3,(H,17,19). The SMILES string of the molecule is CC(C)Nc1ccc(C(=O)N(C)Cc2ccccc2)nn1. The predicted molar refractivity (Wildman–Crippen MR) is 83.0 cm³/mol. The topological polar surface area (TPSA) is 58.1 Å². The van der Waals surface area contributed by atoms with E-state index < -0.39 is 0 Å². The number of carbonyl (C=O) groups excluding carboxylic acids is 1. The van der Waals surface area contributed by atoms with Gasteiger partial charge in [-0.05, 0) is 31.5 Å². The van der Waals surface area contributed by atoms with E-state index in [1.165, 1.54) is 0 Å². The van der Waals surface area contributed by atoms with Gasteiger partial charge in [0.2, 0.25) is 0 Å². The lowest BCUT2D eigenvalue weighted by Crippen LogP contribution is -2.27. The molecule has 0 bridgehead atoms. The maximum atomic E-state index is 12.3. The Morgan fingerprint density at radius 3 is 2.43 bits per heavy atom. The van der Waals surface area contributed by atoms with E-state index in [1.807, 2.05) is 44.2 Å². The van der Waals surface area contributed by atoms with Gasteiger partial charge in [-0.25, -0.2) is 0 Å². The Bertz CT molecular complexity index is 581. The van der Waals surface area contributed by atoms with Gasteiger partial charge in [0.15, 0.2) is 5.69 Å². The normalized spacial score (nSPS) is 10.5. The Morgan fingerprint density at radius 2 is 1.86 bits per heavy atom. The molecule has 1 N–H and O–H groups in total. The first-order valence-corrected chi connectivity index (χ1v) is 6.96. The summed E-state index contributed by atoms with van der Waals surface area (Å²) in [6.07, 6.45) is 0. The first-order chi connectivity index (χ1) is 10.1. The van der Waals surface area contributed by atoms with Crippen LogP contribution in [0.4, 0.5) is 5.82 Å². The number of anilines is 1. The fourth-order valence-electron chi connectivity index (χ4n) is 1.94. The molecular formula is C16H20N4O. The van der Waals surface area contributed by atoms with Crippen molar-refractivity contribution in [3.05, 3.63) is 53.7 Å². The molecule has 0 unspecified atom stereocenters. The second kappa shape index (κ2) is 6.83. The van der Waals surface area contributed by atoms with Crippen molar-refractivity contribution in [1.82, 2.24) is 15.1 Å². The summed E-state index contributed by atoms with van der Waals surface area (Å²) in [6.45, 7) is 4.59. The monoisotopic (exact) mass is 284 g/mol. The highest BCUT2D eigenvalue weighted by Gasteiger charge is 2.14. The Hall–Kier alpha value is -2.43. The zero-order valence-corrected chi connectivity index (χ0v) is 12.6. The molecule has 1 aromatic carbocycles. The van der Waals surface area contributed by atoms with Gasteiger partial charge >= 0.3 is 0 Å². The molecule has 0 fully saturated rings. The van der Waals surface area contributed by atoms with Crippen LogP contribution in [0.25, 0.3) is 0 Å². The number of rotatable bonds is 5. The van der Waals surface area contributed by atoms with Crippen molar-refractivity contribution >= 4 is 11.7 Å². The van der Waals surface area contributed by atoms with E-state index in [0.29, 0.717) is 18.1 Å². The number of amides is 1. The van der Waals surface area contributed by atoms with Gasteiger partial charge in [-0.3, -0.25) is 4.79 Å². The Kier molecular flexibility index (Phi) is 4.87. The second-order valence-electron chi connectivity index (χ2n) is 5.25. The Balaban J connectivity index is 2.02. The third kappa shape index (κ3) is 4.27. The number of nitrogens with one attached hydrogen (secondary N) is 1. The van der Waals surface area contributed by atoms with Crippen molar-refractivity contribution in [3.63, 3.8) is 0 Å². The van der Waals surface area contributed by atoms with Gasteiger partial charge < -0.3 is 10.2 Å². The fourth-order valence-corrected chi connectivity index (χ4v) is 1.94. The summed E-state index contributed by atoms with van der Waals surface area (Å²) in [5.41, 5.74) is 1.43. The maximum Gasteiger partial charge on any atom is 0.274 e. The van der Waals surface area contributed by atoms with Crippen LogP contribution in [0.5, 0.6) is 0 Å². The quantitative estimate of drug-likeness (QED) is 0.916. The molecule has 0 saturated carbocycles. The van der Waals surface area contributed by atoms with Crippen LogP contribution < -0.4 is 5.32 Å². The van der Waals surface area contributed by atoms with Gasteiger partial charge in [-0.1, -0.05) is 30.3 Å². The summed E-state index contributed by atoms with van der Waals surface area (Å²) in [4.78, 5) is 13.9. The van der Waals surface area contributed by atoms with Gasteiger partial charge in [0.25, 0.3) is 5.91 Å². The van der Waals surface area contributed by atoms with Gasteiger partial charge in [-0.15, -0.1) is 10.2 Å². The number of nitrogens with zero attached hydrogens (tertiary/aromatic N) is 3. The summed E-state index contributed by atoms with van der Waals surface area (Å²) in [7, 11) is 1.76. The minimum atomic E-state index is -0.137.